The van der Waals surface area contributed by atoms with Gasteiger partial charge in [0.2, 0.25) is 9.84 Å². The van der Waals surface area contributed by atoms with E-state index in [2.05, 4.69) is 4.98 Å². The molecule has 118 valence electrons. The SMILES string of the molecule is O=S(=O)(c1ccc(Cl)cc1)c1c(Cl)cnc(C(F)(F)F)c1Cl. The molecule has 0 saturated carbocycles. The quantitative estimate of drug-likeness (QED) is 0.733. The summed E-state index contributed by atoms with van der Waals surface area (Å²) >= 11 is 16.9. The lowest BCUT2D eigenvalue weighted by Crippen LogP contribution is -2.13. The Morgan fingerprint density at radius 3 is 2.05 bits per heavy atom. The summed E-state index contributed by atoms with van der Waals surface area (Å²) in [5, 5.41) is -1.32. The van der Waals surface area contributed by atoms with Gasteiger partial charge in [-0.2, -0.15) is 13.2 Å². The Morgan fingerprint density at radius 2 is 1.55 bits per heavy atom. The first-order valence-corrected chi connectivity index (χ1v) is 8.08. The summed E-state index contributed by atoms with van der Waals surface area (Å²) in [6, 6.07) is 4.83. The summed E-state index contributed by atoms with van der Waals surface area (Å²) in [4.78, 5) is 1.92. The molecule has 0 spiro atoms. The van der Waals surface area contributed by atoms with E-state index in [0.717, 1.165) is 12.1 Å². The maximum atomic E-state index is 12.8. The molecular weight excluding hydrogens is 386 g/mol. The minimum Gasteiger partial charge on any atom is -0.249 e. The number of benzene rings is 1. The minimum absolute atomic E-state index is 0.266. The molecule has 10 heteroatoms. The van der Waals surface area contributed by atoms with Crippen LogP contribution >= 0.6 is 34.8 Å². The molecule has 0 atom stereocenters. The molecule has 0 N–H and O–H groups in total. The fourth-order valence-corrected chi connectivity index (χ4v) is 4.18. The van der Waals surface area contributed by atoms with Crippen molar-refractivity contribution in [3.05, 3.63) is 51.2 Å². The highest BCUT2D eigenvalue weighted by Crippen LogP contribution is 2.40. The fraction of sp³-hybridized carbons (Fsp3) is 0.0833. The molecule has 0 aliphatic carbocycles. The standard InChI is InChI=1S/C12H5Cl3F3NO2S/c13-6-1-3-7(4-2-6)22(20,21)10-8(14)5-19-11(9(10)15)12(16,17)18/h1-5H. The van der Waals surface area contributed by atoms with E-state index in [1.54, 1.807) is 0 Å². The molecule has 0 unspecified atom stereocenters. The van der Waals surface area contributed by atoms with E-state index >= 15 is 0 Å². The van der Waals surface area contributed by atoms with Crippen LogP contribution < -0.4 is 0 Å². The van der Waals surface area contributed by atoms with Gasteiger partial charge in [0.05, 0.1) is 14.9 Å². The Kier molecular flexibility index (Phi) is 4.64. The number of hydrogen-bond acceptors (Lipinski definition) is 3. The molecule has 1 aromatic carbocycles. The summed E-state index contributed by atoms with van der Waals surface area (Å²) in [5.74, 6) is 0. The molecular formula is C12H5Cl3F3NO2S. The third-order valence-corrected chi connectivity index (χ3v) is 5.58. The second-order valence-corrected chi connectivity index (χ2v) is 7.16. The predicted octanol–water partition coefficient (Wildman–Crippen LogP) is 4.89. The number of sulfone groups is 1. The van der Waals surface area contributed by atoms with Crippen LogP contribution in [0.5, 0.6) is 0 Å². The van der Waals surface area contributed by atoms with Gasteiger partial charge < -0.3 is 0 Å². The number of alkyl halides is 3. The van der Waals surface area contributed by atoms with E-state index in [0.29, 0.717) is 6.20 Å². The highest BCUT2D eigenvalue weighted by Gasteiger charge is 2.39. The van der Waals surface area contributed by atoms with Gasteiger partial charge >= 0.3 is 6.18 Å². The zero-order valence-electron chi connectivity index (χ0n) is 10.3. The van der Waals surface area contributed by atoms with E-state index in [1.165, 1.54) is 12.1 Å². The van der Waals surface area contributed by atoms with Crippen LogP contribution in [-0.2, 0) is 16.0 Å². The molecule has 0 bridgehead atoms. The van der Waals surface area contributed by atoms with Gasteiger partial charge in [-0.3, -0.25) is 0 Å². The summed E-state index contributed by atoms with van der Waals surface area (Å²) in [6.45, 7) is 0. The Labute approximate surface area is 138 Å². The van der Waals surface area contributed by atoms with Crippen LogP contribution in [-0.4, -0.2) is 13.4 Å². The smallest absolute Gasteiger partial charge is 0.249 e. The Bertz CT molecular complexity index is 821. The van der Waals surface area contributed by atoms with E-state index in [-0.39, 0.29) is 9.92 Å². The molecule has 3 nitrogen and oxygen atoms in total. The number of pyridine rings is 1. The minimum atomic E-state index is -4.91. The second-order valence-electron chi connectivity index (χ2n) is 4.05. The zero-order chi connectivity index (χ0) is 16.7. The zero-order valence-corrected chi connectivity index (χ0v) is 13.4. The van der Waals surface area contributed by atoms with Crippen molar-refractivity contribution in [2.75, 3.05) is 0 Å². The van der Waals surface area contributed by atoms with Crippen LogP contribution in [0, 0.1) is 0 Å². The molecule has 22 heavy (non-hydrogen) atoms. The summed E-state index contributed by atoms with van der Waals surface area (Å²) in [7, 11) is -4.36. The number of aromatic nitrogens is 1. The number of halogens is 6. The first-order valence-electron chi connectivity index (χ1n) is 5.47. The van der Waals surface area contributed by atoms with E-state index in [9.17, 15) is 21.6 Å². The van der Waals surface area contributed by atoms with Gasteiger partial charge in [-0.15, -0.1) is 0 Å². The fourth-order valence-electron chi connectivity index (χ4n) is 1.62. The Balaban J connectivity index is 2.73. The highest BCUT2D eigenvalue weighted by molar-refractivity contribution is 7.91. The van der Waals surface area contributed by atoms with Crippen molar-refractivity contribution in [1.29, 1.82) is 0 Å². The average Bonchev–Trinajstić information content (AvgIpc) is 2.37. The van der Waals surface area contributed by atoms with Crippen molar-refractivity contribution in [1.82, 2.24) is 4.98 Å². The number of rotatable bonds is 2. The molecule has 0 saturated heterocycles. The van der Waals surface area contributed by atoms with Crippen molar-refractivity contribution in [3.63, 3.8) is 0 Å². The Morgan fingerprint density at radius 1 is 1.00 bits per heavy atom. The maximum Gasteiger partial charge on any atom is 0.434 e. The second kappa shape index (κ2) is 5.88. The van der Waals surface area contributed by atoms with Crippen LogP contribution in [0.4, 0.5) is 13.2 Å². The Hall–Kier alpha value is -1.02. The lowest BCUT2D eigenvalue weighted by Gasteiger charge is -2.13. The topological polar surface area (TPSA) is 47.0 Å². The molecule has 1 aromatic heterocycles. The van der Waals surface area contributed by atoms with Crippen LogP contribution in [0.3, 0.4) is 0 Å². The van der Waals surface area contributed by atoms with E-state index in [4.69, 9.17) is 34.8 Å². The van der Waals surface area contributed by atoms with Crippen LogP contribution in [0.1, 0.15) is 5.69 Å². The van der Waals surface area contributed by atoms with Crippen molar-refractivity contribution < 1.29 is 21.6 Å². The van der Waals surface area contributed by atoms with Crippen molar-refractivity contribution in [2.45, 2.75) is 16.0 Å². The van der Waals surface area contributed by atoms with Crippen molar-refractivity contribution in [2.24, 2.45) is 0 Å². The van der Waals surface area contributed by atoms with E-state index in [1.807, 2.05) is 0 Å². The maximum absolute atomic E-state index is 12.8. The van der Waals surface area contributed by atoms with Gasteiger partial charge in [0, 0.05) is 11.2 Å². The number of nitrogens with zero attached hydrogens (tertiary/aromatic N) is 1. The molecule has 0 aliphatic rings. The third-order valence-electron chi connectivity index (χ3n) is 2.59. The van der Waals surface area contributed by atoms with Gasteiger partial charge in [-0.1, -0.05) is 34.8 Å². The van der Waals surface area contributed by atoms with Gasteiger partial charge in [-0.25, -0.2) is 13.4 Å². The molecule has 2 rings (SSSR count). The first-order chi connectivity index (χ1) is 10.0. The molecule has 2 aromatic rings. The van der Waals surface area contributed by atoms with Crippen molar-refractivity contribution in [3.8, 4) is 0 Å². The molecule has 0 radical (unpaired) electrons. The summed E-state index contributed by atoms with van der Waals surface area (Å²) < 4.78 is 63.3. The van der Waals surface area contributed by atoms with Crippen LogP contribution in [0.25, 0.3) is 0 Å². The van der Waals surface area contributed by atoms with Crippen LogP contribution in [0.2, 0.25) is 15.1 Å². The van der Waals surface area contributed by atoms with E-state index < -0.39 is 36.6 Å². The van der Waals surface area contributed by atoms with Gasteiger partial charge in [0.25, 0.3) is 0 Å². The van der Waals surface area contributed by atoms with Gasteiger partial charge in [-0.05, 0) is 24.3 Å². The van der Waals surface area contributed by atoms with Crippen LogP contribution in [0.15, 0.2) is 40.3 Å². The first kappa shape index (κ1) is 17.3. The lowest BCUT2D eigenvalue weighted by atomic mass is 10.3. The predicted molar refractivity (Wildman–Crippen MR) is 76.2 cm³/mol. The molecule has 0 amide bonds. The normalized spacial score (nSPS) is 12.5. The molecule has 0 fully saturated rings. The summed E-state index contributed by atoms with van der Waals surface area (Å²) in [6.07, 6.45) is -4.31. The third kappa shape index (κ3) is 3.17. The van der Waals surface area contributed by atoms with Gasteiger partial charge in [0.1, 0.15) is 4.90 Å². The summed E-state index contributed by atoms with van der Waals surface area (Å²) in [5.41, 5.74) is -1.52. The highest BCUT2D eigenvalue weighted by atomic mass is 35.5. The monoisotopic (exact) mass is 389 g/mol. The largest absolute Gasteiger partial charge is 0.434 e. The molecule has 1 heterocycles. The van der Waals surface area contributed by atoms with Crippen molar-refractivity contribution >= 4 is 44.6 Å². The number of hydrogen-bond donors (Lipinski definition) is 0. The average molecular weight is 391 g/mol. The lowest BCUT2D eigenvalue weighted by molar-refractivity contribution is -0.141. The molecule has 0 aliphatic heterocycles. The van der Waals surface area contributed by atoms with Gasteiger partial charge in [0.15, 0.2) is 5.69 Å².